The molecule has 2 bridgehead atoms. The first-order valence-electron chi connectivity index (χ1n) is 9.23. The Bertz CT molecular complexity index is 665. The lowest BCUT2D eigenvalue weighted by atomic mass is 9.70. The zero-order valence-electron chi connectivity index (χ0n) is 14.4. The van der Waals surface area contributed by atoms with Crippen molar-refractivity contribution in [3.63, 3.8) is 0 Å². The van der Waals surface area contributed by atoms with Crippen LogP contribution in [0.25, 0.3) is 0 Å². The van der Waals surface area contributed by atoms with Gasteiger partial charge in [-0.2, -0.15) is 0 Å². The molecule has 0 N–H and O–H groups in total. The summed E-state index contributed by atoms with van der Waals surface area (Å²) >= 11 is 0. The molecule has 24 heavy (non-hydrogen) atoms. The number of esters is 1. The second-order valence-electron chi connectivity index (χ2n) is 7.64. The Hall–Kier alpha value is -1.61. The third-order valence-corrected chi connectivity index (χ3v) is 6.05. The quantitative estimate of drug-likeness (QED) is 0.472. The van der Waals surface area contributed by atoms with Gasteiger partial charge in [0, 0.05) is 11.5 Å². The Morgan fingerprint density at radius 3 is 2.83 bits per heavy atom. The highest BCUT2D eigenvalue weighted by Crippen LogP contribution is 2.53. The number of benzene rings is 1. The Kier molecular flexibility index (Phi) is 4.00. The minimum absolute atomic E-state index is 0.221. The maximum absolute atomic E-state index is 12.5. The van der Waals surface area contributed by atoms with Crippen molar-refractivity contribution in [3.05, 3.63) is 47.5 Å². The molecule has 2 fully saturated rings. The van der Waals surface area contributed by atoms with Crippen molar-refractivity contribution in [1.82, 2.24) is 0 Å². The first kappa shape index (κ1) is 15.9. The zero-order chi connectivity index (χ0) is 16.7. The molecule has 1 aromatic rings. The number of rotatable bonds is 3. The Morgan fingerprint density at radius 2 is 2.12 bits per heavy atom. The molecule has 1 aliphatic carbocycles. The maximum atomic E-state index is 12.5. The van der Waals surface area contributed by atoms with Crippen LogP contribution in [0.5, 0.6) is 0 Å². The lowest BCUT2D eigenvalue weighted by Gasteiger charge is -2.42. The molecule has 2 heterocycles. The van der Waals surface area contributed by atoms with E-state index in [0.29, 0.717) is 11.7 Å². The summed E-state index contributed by atoms with van der Waals surface area (Å²) < 4.78 is 12.4. The van der Waals surface area contributed by atoms with Gasteiger partial charge >= 0.3 is 5.97 Å². The van der Waals surface area contributed by atoms with Crippen LogP contribution in [0.2, 0.25) is 0 Å². The highest BCUT2D eigenvalue weighted by atomic mass is 16.6. The van der Waals surface area contributed by atoms with Gasteiger partial charge in [0.25, 0.3) is 0 Å². The van der Waals surface area contributed by atoms with Crippen LogP contribution >= 0.6 is 0 Å². The van der Waals surface area contributed by atoms with Gasteiger partial charge in [-0.1, -0.05) is 30.8 Å². The lowest BCUT2D eigenvalue weighted by Crippen LogP contribution is -2.44. The largest absolute Gasteiger partial charge is 0.450 e. The number of fused-ring (bicyclic) bond motifs is 3. The number of carbonyl (C=O) groups excluding carboxylic acids is 1. The smallest absolute Gasteiger partial charge is 0.334 e. The van der Waals surface area contributed by atoms with Gasteiger partial charge in [0.15, 0.2) is 0 Å². The summed E-state index contributed by atoms with van der Waals surface area (Å²) in [7, 11) is 0. The van der Waals surface area contributed by atoms with Gasteiger partial charge in [-0.3, -0.25) is 0 Å². The molecule has 2 aliphatic heterocycles. The highest BCUT2D eigenvalue weighted by Gasteiger charge is 2.55. The van der Waals surface area contributed by atoms with Crippen LogP contribution < -0.4 is 0 Å². The van der Waals surface area contributed by atoms with Crippen LogP contribution in [0, 0.1) is 5.92 Å². The fraction of sp³-hybridized carbons (Fsp3) is 0.571. The second kappa shape index (κ2) is 6.03. The van der Waals surface area contributed by atoms with E-state index < -0.39 is 5.60 Å². The molecule has 2 saturated heterocycles. The van der Waals surface area contributed by atoms with Crippen molar-refractivity contribution in [2.24, 2.45) is 5.92 Å². The molecule has 128 valence electrons. The van der Waals surface area contributed by atoms with E-state index in [0.717, 1.165) is 44.9 Å². The predicted molar refractivity (Wildman–Crippen MR) is 92.6 cm³/mol. The molecule has 0 aromatic heterocycles. The molecule has 0 amide bonds. The molecule has 0 saturated carbocycles. The zero-order valence-corrected chi connectivity index (χ0v) is 14.4. The highest BCUT2D eigenvalue weighted by molar-refractivity contribution is 5.87. The Labute approximate surface area is 144 Å². The fourth-order valence-corrected chi connectivity index (χ4v) is 4.94. The van der Waals surface area contributed by atoms with Crippen molar-refractivity contribution >= 4 is 5.97 Å². The first-order chi connectivity index (χ1) is 11.6. The molecule has 1 aromatic carbocycles. The van der Waals surface area contributed by atoms with Crippen LogP contribution in [0.1, 0.15) is 56.6 Å². The summed E-state index contributed by atoms with van der Waals surface area (Å²) in [4.78, 5) is 12.5. The van der Waals surface area contributed by atoms with E-state index in [1.165, 1.54) is 11.1 Å². The summed E-state index contributed by atoms with van der Waals surface area (Å²) in [5, 5.41) is 0. The number of hydrogen-bond acceptors (Lipinski definition) is 3. The number of ether oxygens (including phenoxy) is 2. The SMILES string of the molecule is C=C(C)C(=O)OC1(C2CC3CCC2O3)CCCCc2ccccc21. The number of aryl methyl sites for hydroxylation is 1. The Balaban J connectivity index is 1.81. The lowest BCUT2D eigenvalue weighted by molar-refractivity contribution is -0.168. The van der Waals surface area contributed by atoms with Gasteiger partial charge in [-0.05, 0) is 63.0 Å². The average molecular weight is 326 g/mol. The molecule has 3 aliphatic rings. The molecule has 3 heteroatoms. The Morgan fingerprint density at radius 1 is 1.29 bits per heavy atom. The summed E-state index contributed by atoms with van der Waals surface area (Å²) in [5.74, 6) is -0.00623. The van der Waals surface area contributed by atoms with Crippen LogP contribution in [0.15, 0.2) is 36.4 Å². The normalized spacial score (nSPS) is 34.5. The van der Waals surface area contributed by atoms with E-state index in [9.17, 15) is 4.79 Å². The van der Waals surface area contributed by atoms with E-state index in [-0.39, 0.29) is 18.0 Å². The molecule has 4 unspecified atom stereocenters. The second-order valence-corrected chi connectivity index (χ2v) is 7.64. The average Bonchev–Trinajstić information content (AvgIpc) is 3.16. The minimum Gasteiger partial charge on any atom is -0.450 e. The van der Waals surface area contributed by atoms with Crippen LogP contribution in [0.3, 0.4) is 0 Å². The van der Waals surface area contributed by atoms with Crippen molar-refractivity contribution in [1.29, 1.82) is 0 Å². The molecule has 4 atom stereocenters. The number of hydrogen-bond donors (Lipinski definition) is 0. The van der Waals surface area contributed by atoms with Crippen molar-refractivity contribution < 1.29 is 14.3 Å². The van der Waals surface area contributed by atoms with Crippen molar-refractivity contribution in [2.45, 2.75) is 69.7 Å². The topological polar surface area (TPSA) is 35.5 Å². The van der Waals surface area contributed by atoms with E-state index in [1.54, 1.807) is 6.92 Å². The summed E-state index contributed by atoms with van der Waals surface area (Å²) in [6, 6.07) is 8.52. The van der Waals surface area contributed by atoms with Gasteiger partial charge < -0.3 is 9.47 Å². The fourth-order valence-electron chi connectivity index (χ4n) is 4.94. The van der Waals surface area contributed by atoms with E-state index >= 15 is 0 Å². The van der Waals surface area contributed by atoms with E-state index in [2.05, 4.69) is 30.8 Å². The first-order valence-corrected chi connectivity index (χ1v) is 9.23. The predicted octanol–water partition coefficient (Wildman–Crippen LogP) is 4.30. The third kappa shape index (κ3) is 2.50. The molecule has 0 radical (unpaired) electrons. The monoisotopic (exact) mass is 326 g/mol. The van der Waals surface area contributed by atoms with E-state index in [4.69, 9.17) is 9.47 Å². The van der Waals surface area contributed by atoms with E-state index in [1.807, 2.05) is 0 Å². The maximum Gasteiger partial charge on any atom is 0.334 e. The van der Waals surface area contributed by atoms with Crippen LogP contribution in [-0.2, 0) is 26.3 Å². The molecule has 3 nitrogen and oxygen atoms in total. The van der Waals surface area contributed by atoms with Gasteiger partial charge in [0.2, 0.25) is 0 Å². The summed E-state index contributed by atoms with van der Waals surface area (Å²) in [5.41, 5.74) is 2.45. The van der Waals surface area contributed by atoms with Gasteiger partial charge in [0.05, 0.1) is 12.2 Å². The molecule has 4 rings (SSSR count). The van der Waals surface area contributed by atoms with Crippen LogP contribution in [-0.4, -0.2) is 18.2 Å². The number of carbonyl (C=O) groups is 1. The van der Waals surface area contributed by atoms with Gasteiger partial charge in [-0.15, -0.1) is 0 Å². The standard InChI is InChI=1S/C21H26O3/c1-14(2)20(22)24-21(18-13-16-10-11-19(18)23-16)12-6-5-8-15-7-3-4-9-17(15)21/h3-4,7,9,16,18-19H,1,5-6,8,10-13H2,2H3. The third-order valence-electron chi connectivity index (χ3n) is 6.05. The summed E-state index contributed by atoms with van der Waals surface area (Å²) in [6.07, 6.45) is 7.97. The molecular weight excluding hydrogens is 300 g/mol. The molecular formula is C21H26O3. The van der Waals surface area contributed by atoms with Crippen molar-refractivity contribution in [2.75, 3.05) is 0 Å². The minimum atomic E-state index is -0.553. The van der Waals surface area contributed by atoms with Gasteiger partial charge in [0.1, 0.15) is 5.60 Å². The molecule has 0 spiro atoms. The van der Waals surface area contributed by atoms with Gasteiger partial charge in [-0.25, -0.2) is 4.79 Å². The van der Waals surface area contributed by atoms with Crippen LogP contribution in [0.4, 0.5) is 0 Å². The summed E-state index contributed by atoms with van der Waals surface area (Å²) in [6.45, 7) is 5.53. The van der Waals surface area contributed by atoms with Crippen molar-refractivity contribution in [3.8, 4) is 0 Å².